The van der Waals surface area contributed by atoms with E-state index in [0.717, 1.165) is 5.56 Å². The van der Waals surface area contributed by atoms with Gasteiger partial charge in [0, 0.05) is 17.8 Å². The Morgan fingerprint density at radius 1 is 1.00 bits per heavy atom. The molecule has 0 aliphatic heterocycles. The van der Waals surface area contributed by atoms with E-state index >= 15 is 0 Å². The first-order chi connectivity index (χ1) is 14.4. The minimum Gasteiger partial charge on any atom is -0.405 e. The van der Waals surface area contributed by atoms with Crippen LogP contribution in [0.4, 0.5) is 11.4 Å². The molecule has 0 bridgehead atoms. The van der Waals surface area contributed by atoms with Crippen molar-refractivity contribution in [1.29, 1.82) is 0 Å². The number of hydrogen-bond acceptors (Lipinski definition) is 5. The van der Waals surface area contributed by atoms with E-state index in [1.807, 2.05) is 0 Å². The van der Waals surface area contributed by atoms with Crippen LogP contribution in [-0.4, -0.2) is 17.7 Å². The molecule has 2 aromatic carbocycles. The predicted octanol–water partition coefficient (Wildman–Crippen LogP) is 1.80. The number of carbonyl (C=O) groups is 3. The minimum absolute atomic E-state index is 0.121. The van der Waals surface area contributed by atoms with Crippen LogP contribution in [0.3, 0.4) is 0 Å². The quantitative estimate of drug-likeness (QED) is 0.271. The summed E-state index contributed by atoms with van der Waals surface area (Å²) in [5.41, 5.74) is 13.5. The molecule has 0 aliphatic carbocycles. The Morgan fingerprint density at radius 3 is 2.33 bits per heavy atom. The predicted molar refractivity (Wildman–Crippen MR) is 117 cm³/mol. The average molecular weight is 405 g/mol. The maximum Gasteiger partial charge on any atom is 0.313 e. The van der Waals surface area contributed by atoms with Crippen LogP contribution in [0.2, 0.25) is 0 Å². The van der Waals surface area contributed by atoms with Crippen molar-refractivity contribution in [3.05, 3.63) is 96.4 Å². The zero-order chi connectivity index (χ0) is 21.9. The minimum atomic E-state index is -0.831. The highest BCUT2D eigenvalue weighted by molar-refractivity contribution is 6.35. The van der Waals surface area contributed by atoms with Gasteiger partial charge in [-0.3, -0.25) is 14.4 Å². The summed E-state index contributed by atoms with van der Waals surface area (Å²) in [5.74, 6) is -1.94. The molecule has 8 heteroatoms. The van der Waals surface area contributed by atoms with Crippen LogP contribution in [0.1, 0.15) is 15.9 Å². The number of carbonyl (C=O) groups excluding carboxylic acids is 3. The molecule has 2 aromatic rings. The summed E-state index contributed by atoms with van der Waals surface area (Å²) in [6.07, 6.45) is 5.68. The second-order valence-corrected chi connectivity index (χ2v) is 6.09. The average Bonchev–Trinajstić information content (AvgIpc) is 2.76. The number of hydrogen-bond donors (Lipinski definition) is 5. The van der Waals surface area contributed by atoms with E-state index in [9.17, 15) is 14.4 Å². The molecule has 0 heterocycles. The number of anilines is 2. The summed E-state index contributed by atoms with van der Waals surface area (Å²) in [4.78, 5) is 36.2. The zero-order valence-electron chi connectivity index (χ0n) is 16.2. The fourth-order valence-corrected chi connectivity index (χ4v) is 2.35. The Morgan fingerprint density at radius 2 is 1.70 bits per heavy atom. The van der Waals surface area contributed by atoms with Crippen molar-refractivity contribution in [3.63, 3.8) is 0 Å². The summed E-state index contributed by atoms with van der Waals surface area (Å²) in [7, 11) is 0. The van der Waals surface area contributed by atoms with Crippen LogP contribution >= 0.6 is 0 Å². The normalized spacial score (nSPS) is 11.0. The zero-order valence-corrected chi connectivity index (χ0v) is 16.2. The molecule has 2 rings (SSSR count). The lowest BCUT2D eigenvalue weighted by Gasteiger charge is -2.09. The van der Waals surface area contributed by atoms with Gasteiger partial charge in [-0.2, -0.15) is 0 Å². The van der Waals surface area contributed by atoms with Crippen molar-refractivity contribution >= 4 is 29.1 Å². The number of nitrogens with two attached hydrogens (primary N) is 2. The van der Waals surface area contributed by atoms with Crippen LogP contribution in [-0.2, 0) is 16.1 Å². The van der Waals surface area contributed by atoms with Gasteiger partial charge in [0.1, 0.15) is 0 Å². The summed E-state index contributed by atoms with van der Waals surface area (Å²) < 4.78 is 0. The highest BCUT2D eigenvalue weighted by Crippen LogP contribution is 2.18. The molecule has 0 saturated heterocycles. The first kappa shape index (κ1) is 22.0. The van der Waals surface area contributed by atoms with Crippen LogP contribution < -0.4 is 27.4 Å². The van der Waals surface area contributed by atoms with Crippen molar-refractivity contribution in [3.8, 4) is 0 Å². The van der Waals surface area contributed by atoms with E-state index in [-0.39, 0.29) is 12.5 Å². The van der Waals surface area contributed by atoms with E-state index in [0.29, 0.717) is 22.6 Å². The van der Waals surface area contributed by atoms with Gasteiger partial charge in [-0.1, -0.05) is 30.8 Å². The molecule has 8 nitrogen and oxygen atoms in total. The molecule has 0 aromatic heterocycles. The number of allylic oxidation sites excluding steroid dienone is 3. The number of nitrogens with one attached hydrogen (secondary N) is 3. The van der Waals surface area contributed by atoms with Gasteiger partial charge in [-0.15, -0.1) is 0 Å². The second-order valence-electron chi connectivity index (χ2n) is 6.09. The molecule has 154 valence electrons. The molecule has 0 aliphatic rings. The van der Waals surface area contributed by atoms with Gasteiger partial charge in [0.05, 0.1) is 11.4 Å². The van der Waals surface area contributed by atoms with Crippen molar-refractivity contribution in [2.24, 2.45) is 5.73 Å². The third kappa shape index (κ3) is 6.38. The van der Waals surface area contributed by atoms with Gasteiger partial charge in [0.2, 0.25) is 0 Å². The first-order valence-corrected chi connectivity index (χ1v) is 8.99. The van der Waals surface area contributed by atoms with Gasteiger partial charge < -0.3 is 27.4 Å². The number of nitrogen functional groups attached to an aromatic ring is 1. The van der Waals surface area contributed by atoms with Gasteiger partial charge in [-0.05, 0) is 54.3 Å². The fourth-order valence-electron chi connectivity index (χ4n) is 2.35. The standard InChI is InChI=1S/C22H23N5O3/c1-2-17(6-5-13-23)26-22(30)21(29)25-14-15-9-11-16(12-10-15)20(28)27-19-8-4-3-7-18(19)24/h2-13H,1,14,23-24H2,(H,25,29)(H,26,30)(H,27,28)/b13-5-,17-6+. The molecule has 7 N–H and O–H groups in total. The molecular formula is C22H23N5O3. The molecule has 0 spiro atoms. The number of rotatable bonds is 7. The SMILES string of the molecule is C=C/C(=C\C=C/N)NC(=O)C(=O)NCc1ccc(C(=O)Nc2ccccc2N)cc1. The summed E-state index contributed by atoms with van der Waals surface area (Å²) in [6.45, 7) is 3.67. The second kappa shape index (κ2) is 10.9. The first-order valence-electron chi connectivity index (χ1n) is 8.99. The van der Waals surface area contributed by atoms with Crippen molar-refractivity contribution in [2.45, 2.75) is 6.54 Å². The van der Waals surface area contributed by atoms with E-state index in [4.69, 9.17) is 11.5 Å². The molecular weight excluding hydrogens is 382 g/mol. The molecule has 0 fully saturated rings. The monoisotopic (exact) mass is 405 g/mol. The lowest BCUT2D eigenvalue weighted by molar-refractivity contribution is -0.138. The summed E-state index contributed by atoms with van der Waals surface area (Å²) in [5, 5.41) is 7.66. The van der Waals surface area contributed by atoms with E-state index in [1.165, 1.54) is 24.4 Å². The Hall–Kier alpha value is -4.33. The third-order valence-electron chi connectivity index (χ3n) is 3.95. The highest BCUT2D eigenvalue weighted by atomic mass is 16.2. The van der Waals surface area contributed by atoms with Gasteiger partial charge in [0.25, 0.3) is 5.91 Å². The lowest BCUT2D eigenvalue weighted by atomic mass is 10.1. The number of benzene rings is 2. The van der Waals surface area contributed by atoms with E-state index in [2.05, 4.69) is 22.5 Å². The van der Waals surface area contributed by atoms with E-state index < -0.39 is 11.8 Å². The van der Waals surface area contributed by atoms with Crippen molar-refractivity contribution in [1.82, 2.24) is 10.6 Å². The highest BCUT2D eigenvalue weighted by Gasteiger charge is 2.14. The van der Waals surface area contributed by atoms with Crippen LogP contribution in [0.5, 0.6) is 0 Å². The largest absolute Gasteiger partial charge is 0.405 e. The number of amides is 3. The molecule has 0 atom stereocenters. The Kier molecular flexibility index (Phi) is 7.95. The summed E-state index contributed by atoms with van der Waals surface area (Å²) in [6, 6.07) is 13.6. The van der Waals surface area contributed by atoms with Crippen LogP contribution in [0, 0.1) is 0 Å². The van der Waals surface area contributed by atoms with Crippen molar-refractivity contribution in [2.75, 3.05) is 11.1 Å². The lowest BCUT2D eigenvalue weighted by Crippen LogP contribution is -2.38. The molecule has 3 amide bonds. The smallest absolute Gasteiger partial charge is 0.313 e. The number of para-hydroxylation sites is 2. The molecule has 0 unspecified atom stereocenters. The van der Waals surface area contributed by atoms with E-state index in [1.54, 1.807) is 48.5 Å². The van der Waals surface area contributed by atoms with Gasteiger partial charge >= 0.3 is 11.8 Å². The maximum atomic E-state index is 12.3. The molecule has 0 radical (unpaired) electrons. The topological polar surface area (TPSA) is 139 Å². The summed E-state index contributed by atoms with van der Waals surface area (Å²) >= 11 is 0. The Balaban J connectivity index is 1.90. The third-order valence-corrected chi connectivity index (χ3v) is 3.95. The molecule has 0 saturated carbocycles. The van der Waals surface area contributed by atoms with Crippen molar-refractivity contribution < 1.29 is 14.4 Å². The van der Waals surface area contributed by atoms with Gasteiger partial charge in [-0.25, -0.2) is 0 Å². The molecule has 30 heavy (non-hydrogen) atoms. The van der Waals surface area contributed by atoms with Crippen LogP contribution in [0.25, 0.3) is 0 Å². The van der Waals surface area contributed by atoms with Crippen LogP contribution in [0.15, 0.2) is 85.2 Å². The van der Waals surface area contributed by atoms with Gasteiger partial charge in [0.15, 0.2) is 0 Å². The fraction of sp³-hybridized carbons (Fsp3) is 0.0455. The Labute approximate surface area is 174 Å². The Bertz CT molecular complexity index is 994. The maximum absolute atomic E-state index is 12.3.